The van der Waals surface area contributed by atoms with Crippen molar-refractivity contribution in [2.75, 3.05) is 6.61 Å². The van der Waals surface area contributed by atoms with Gasteiger partial charge in [-0.2, -0.15) is 5.10 Å². The summed E-state index contributed by atoms with van der Waals surface area (Å²) < 4.78 is 25.1. The van der Waals surface area contributed by atoms with Crippen LogP contribution in [0.2, 0.25) is 0 Å². The van der Waals surface area contributed by atoms with Gasteiger partial charge in [0.2, 0.25) is 0 Å². The van der Waals surface area contributed by atoms with Crippen LogP contribution in [0, 0.1) is 6.92 Å². The van der Waals surface area contributed by atoms with Gasteiger partial charge >= 0.3 is 17.9 Å². The summed E-state index contributed by atoms with van der Waals surface area (Å²) in [5, 5.41) is 4.41. The van der Waals surface area contributed by atoms with Crippen LogP contribution in [-0.4, -0.2) is 57.6 Å². The summed E-state index contributed by atoms with van der Waals surface area (Å²) in [5.74, 6) is -1.04. The van der Waals surface area contributed by atoms with Crippen molar-refractivity contribution in [2.24, 2.45) is 7.05 Å². The second-order valence-electron chi connectivity index (χ2n) is 9.17. The Hall–Kier alpha value is -4.83. The number of esters is 3. The number of carbonyl (C=O) groups excluding carboxylic acids is 3. The van der Waals surface area contributed by atoms with Crippen molar-refractivity contribution in [3.05, 3.63) is 119 Å². The van der Waals surface area contributed by atoms with Crippen molar-refractivity contribution in [3.63, 3.8) is 0 Å². The van der Waals surface area contributed by atoms with E-state index in [0.717, 1.165) is 0 Å². The molecule has 4 aromatic rings. The molecule has 0 radical (unpaired) electrons. The molecular weight excluding hydrogens is 514 g/mol. The second-order valence-corrected chi connectivity index (χ2v) is 9.17. The third kappa shape index (κ3) is 5.92. The Bertz CT molecular complexity index is 1460. The van der Waals surface area contributed by atoms with Gasteiger partial charge in [-0.3, -0.25) is 4.68 Å². The van der Waals surface area contributed by atoms with Crippen LogP contribution < -0.4 is 0 Å². The Morgan fingerprint density at radius 3 is 1.70 bits per heavy atom. The number of hydrogen-bond donors (Lipinski definition) is 0. The molecule has 0 N–H and O–H groups in total. The maximum Gasteiger partial charge on any atom is 0.338 e. The predicted octanol–water partition coefficient (Wildman–Crippen LogP) is 3.87. The Balaban J connectivity index is 1.47. The van der Waals surface area contributed by atoms with Crippen LogP contribution in [0.1, 0.15) is 48.8 Å². The Labute approximate surface area is 230 Å². The number of aryl methyl sites for hydroxylation is 2. The molecule has 1 aliphatic heterocycles. The third-order valence-electron chi connectivity index (χ3n) is 6.46. The molecule has 0 aliphatic carbocycles. The first-order chi connectivity index (χ1) is 19.4. The van der Waals surface area contributed by atoms with Gasteiger partial charge in [0.05, 0.1) is 16.7 Å². The van der Waals surface area contributed by atoms with Crippen molar-refractivity contribution in [1.82, 2.24) is 14.8 Å². The molecule has 1 fully saturated rings. The fourth-order valence-electron chi connectivity index (χ4n) is 4.29. The van der Waals surface area contributed by atoms with E-state index < -0.39 is 42.3 Å². The molecule has 4 atom stereocenters. The molecule has 5 rings (SSSR count). The average molecular weight is 542 g/mol. The predicted molar refractivity (Wildman–Crippen MR) is 141 cm³/mol. The minimum Gasteiger partial charge on any atom is -0.459 e. The third-order valence-corrected chi connectivity index (χ3v) is 6.46. The van der Waals surface area contributed by atoms with Gasteiger partial charge in [-0.1, -0.05) is 54.6 Å². The minimum absolute atomic E-state index is 0.239. The molecule has 2 heterocycles. The molecule has 40 heavy (non-hydrogen) atoms. The van der Waals surface area contributed by atoms with Crippen LogP contribution in [0.25, 0.3) is 0 Å². The van der Waals surface area contributed by atoms with Gasteiger partial charge in [-0.25, -0.2) is 19.4 Å². The lowest BCUT2D eigenvalue weighted by molar-refractivity contribution is -0.0454. The van der Waals surface area contributed by atoms with Gasteiger partial charge in [0.1, 0.15) is 18.5 Å². The number of aromatic nitrogens is 3. The standard InChI is InChI=1S/C30H27N3O7/c1-19-31-27(32-33(19)2)26-25(40-30(36)22-16-10-5-11-17-22)24(39-29(35)21-14-8-4-9-15-21)23(38-26)18-37-28(34)20-12-6-3-7-13-20/h3-17,23-26H,18H2,1-2H3/t23-,24-,25-,26-/m1/s1. The number of hydrogen-bond acceptors (Lipinski definition) is 9. The monoisotopic (exact) mass is 541 g/mol. The largest absolute Gasteiger partial charge is 0.459 e. The van der Waals surface area contributed by atoms with Gasteiger partial charge < -0.3 is 18.9 Å². The molecule has 0 amide bonds. The zero-order valence-corrected chi connectivity index (χ0v) is 21.9. The Kier molecular flexibility index (Phi) is 7.97. The summed E-state index contributed by atoms with van der Waals surface area (Å²) in [6, 6.07) is 25.3. The van der Waals surface area contributed by atoms with Gasteiger partial charge in [-0.15, -0.1) is 0 Å². The van der Waals surface area contributed by atoms with E-state index in [1.165, 1.54) is 0 Å². The maximum atomic E-state index is 13.2. The molecule has 1 aromatic heterocycles. The van der Waals surface area contributed by atoms with E-state index in [0.29, 0.717) is 22.5 Å². The molecule has 0 spiro atoms. The maximum absolute atomic E-state index is 13.2. The van der Waals surface area contributed by atoms with Crippen LogP contribution in [0.3, 0.4) is 0 Å². The molecule has 1 aliphatic rings. The quantitative estimate of drug-likeness (QED) is 0.242. The van der Waals surface area contributed by atoms with E-state index in [2.05, 4.69) is 10.1 Å². The Morgan fingerprint density at radius 1 is 0.750 bits per heavy atom. The van der Waals surface area contributed by atoms with Gasteiger partial charge in [0.25, 0.3) is 0 Å². The van der Waals surface area contributed by atoms with Crippen LogP contribution in [0.4, 0.5) is 0 Å². The van der Waals surface area contributed by atoms with Crippen LogP contribution in [-0.2, 0) is 26.0 Å². The van der Waals surface area contributed by atoms with Crippen molar-refractivity contribution >= 4 is 17.9 Å². The lowest BCUT2D eigenvalue weighted by Gasteiger charge is -2.24. The summed E-state index contributed by atoms with van der Waals surface area (Å²) in [7, 11) is 1.72. The number of ether oxygens (including phenoxy) is 4. The topological polar surface area (TPSA) is 119 Å². The lowest BCUT2D eigenvalue weighted by Crippen LogP contribution is -2.41. The SMILES string of the molecule is Cc1nc([C@@H]2O[C@H](COC(=O)c3ccccc3)[C@@H](OC(=O)c3ccccc3)[C@H]2OC(=O)c2ccccc2)nn1C. The molecule has 0 bridgehead atoms. The normalized spacial score (nSPS) is 20.1. The van der Waals surface area contributed by atoms with Crippen LogP contribution in [0.15, 0.2) is 91.0 Å². The fraction of sp³-hybridized carbons (Fsp3) is 0.233. The van der Waals surface area contributed by atoms with Crippen molar-refractivity contribution in [3.8, 4) is 0 Å². The molecule has 3 aromatic carbocycles. The van der Waals surface area contributed by atoms with E-state index in [1.807, 2.05) is 0 Å². The number of benzene rings is 3. The summed E-state index contributed by atoms with van der Waals surface area (Å²) >= 11 is 0. The molecule has 10 heteroatoms. The number of nitrogens with zero attached hydrogens (tertiary/aromatic N) is 3. The average Bonchev–Trinajstić information content (AvgIpc) is 3.50. The molecule has 10 nitrogen and oxygen atoms in total. The van der Waals surface area contributed by atoms with E-state index in [-0.39, 0.29) is 12.4 Å². The number of rotatable bonds is 8. The van der Waals surface area contributed by atoms with Crippen molar-refractivity contribution in [1.29, 1.82) is 0 Å². The first-order valence-electron chi connectivity index (χ1n) is 12.7. The zero-order chi connectivity index (χ0) is 28.1. The highest BCUT2D eigenvalue weighted by Crippen LogP contribution is 2.37. The van der Waals surface area contributed by atoms with Crippen molar-refractivity contribution in [2.45, 2.75) is 31.3 Å². The van der Waals surface area contributed by atoms with E-state index in [4.69, 9.17) is 18.9 Å². The smallest absolute Gasteiger partial charge is 0.338 e. The summed E-state index contributed by atoms with van der Waals surface area (Å²) in [4.78, 5) is 43.5. The highest BCUT2D eigenvalue weighted by molar-refractivity contribution is 5.91. The van der Waals surface area contributed by atoms with Gasteiger partial charge in [0, 0.05) is 7.05 Å². The van der Waals surface area contributed by atoms with Crippen molar-refractivity contribution < 1.29 is 33.3 Å². The minimum atomic E-state index is -1.14. The van der Waals surface area contributed by atoms with Crippen LogP contribution in [0.5, 0.6) is 0 Å². The molecule has 0 saturated carbocycles. The lowest BCUT2D eigenvalue weighted by atomic mass is 10.1. The summed E-state index contributed by atoms with van der Waals surface area (Å²) in [6.07, 6.45) is -4.26. The first-order valence-corrected chi connectivity index (χ1v) is 12.7. The molecular formula is C30H27N3O7. The Morgan fingerprint density at radius 2 is 1.23 bits per heavy atom. The molecule has 0 unspecified atom stereocenters. The number of carbonyl (C=O) groups is 3. The van der Waals surface area contributed by atoms with E-state index in [9.17, 15) is 14.4 Å². The summed E-state index contributed by atoms with van der Waals surface area (Å²) in [6.45, 7) is 1.49. The van der Waals surface area contributed by atoms with E-state index >= 15 is 0 Å². The second kappa shape index (κ2) is 11.9. The molecule has 1 saturated heterocycles. The van der Waals surface area contributed by atoms with E-state index in [1.54, 1.807) is 110 Å². The zero-order valence-electron chi connectivity index (χ0n) is 21.9. The highest BCUT2D eigenvalue weighted by atomic mass is 16.6. The van der Waals surface area contributed by atoms with Crippen LogP contribution >= 0.6 is 0 Å². The van der Waals surface area contributed by atoms with Gasteiger partial charge in [-0.05, 0) is 43.3 Å². The fourth-order valence-corrected chi connectivity index (χ4v) is 4.29. The summed E-state index contributed by atoms with van der Waals surface area (Å²) in [5.41, 5.74) is 0.952. The molecule has 204 valence electrons. The first kappa shape index (κ1) is 26.8. The van der Waals surface area contributed by atoms with Gasteiger partial charge in [0.15, 0.2) is 24.1 Å². The highest BCUT2D eigenvalue weighted by Gasteiger charge is 2.52.